The number of benzene rings is 1. The van der Waals surface area contributed by atoms with Gasteiger partial charge in [-0.15, -0.1) is 6.58 Å². The Morgan fingerprint density at radius 3 is 2.75 bits per heavy atom. The predicted octanol–water partition coefficient (Wildman–Crippen LogP) is 4.29. The van der Waals surface area contributed by atoms with Crippen LogP contribution in [0.5, 0.6) is 0 Å². The van der Waals surface area contributed by atoms with Gasteiger partial charge in [-0.3, -0.25) is 0 Å². The zero-order valence-corrected chi connectivity index (χ0v) is 16.3. The smallest absolute Gasteiger partial charge is 0.164 e. The molecule has 0 unspecified atom stereocenters. The van der Waals surface area contributed by atoms with E-state index in [1.54, 1.807) is 12.4 Å². The van der Waals surface area contributed by atoms with E-state index in [4.69, 9.17) is 9.47 Å². The average Bonchev–Trinajstić information content (AvgIpc) is 3.25. The van der Waals surface area contributed by atoms with Gasteiger partial charge in [-0.1, -0.05) is 54.6 Å². The Balaban J connectivity index is 1.48. The lowest BCUT2D eigenvalue weighted by Crippen LogP contribution is -2.20. The molecule has 1 aromatic carbocycles. The summed E-state index contributed by atoms with van der Waals surface area (Å²) in [5.41, 5.74) is 4.39. The molecule has 1 N–H and O–H groups in total. The fourth-order valence-corrected chi connectivity index (χ4v) is 3.59. The van der Waals surface area contributed by atoms with Crippen molar-refractivity contribution < 1.29 is 9.47 Å². The van der Waals surface area contributed by atoms with Crippen LogP contribution in [0.2, 0.25) is 0 Å². The lowest BCUT2D eigenvalue weighted by atomic mass is 10.1. The molecule has 0 radical (unpaired) electrons. The molecule has 0 bridgehead atoms. The van der Waals surface area contributed by atoms with Gasteiger partial charge in [0.05, 0.1) is 5.69 Å². The highest BCUT2D eigenvalue weighted by atomic mass is 16.7. The van der Waals surface area contributed by atoms with Crippen molar-refractivity contribution in [3.05, 3.63) is 84.4 Å². The Bertz CT molecular complexity index is 919. The van der Waals surface area contributed by atoms with Gasteiger partial charge in [0, 0.05) is 12.1 Å². The third-order valence-corrected chi connectivity index (χ3v) is 4.91. The standard InChI is InChI=1S/C23H25N3O2/c1-4-19-20(28-23(2,3)27-19)13-11-17-10-12-18-21(17)25-15-26-22(18)24-14-16-8-6-5-7-9-16/h4-11,13,15,19-20H,1,12,14H2,2-3H3,(H,24,25,26)/b13-11+/t19-,20+/m1/s1. The normalized spacial score (nSPS) is 22.9. The van der Waals surface area contributed by atoms with E-state index >= 15 is 0 Å². The number of aromatic nitrogens is 2. The Kier molecular flexibility index (Phi) is 5.11. The maximum atomic E-state index is 5.96. The quantitative estimate of drug-likeness (QED) is 0.764. The van der Waals surface area contributed by atoms with E-state index in [9.17, 15) is 0 Å². The summed E-state index contributed by atoms with van der Waals surface area (Å²) in [6.45, 7) is 8.42. The zero-order valence-electron chi connectivity index (χ0n) is 16.3. The van der Waals surface area contributed by atoms with Crippen LogP contribution in [0.3, 0.4) is 0 Å². The van der Waals surface area contributed by atoms with Crippen molar-refractivity contribution >= 4 is 11.4 Å². The van der Waals surface area contributed by atoms with Crippen molar-refractivity contribution in [3.63, 3.8) is 0 Å². The highest BCUT2D eigenvalue weighted by molar-refractivity contribution is 5.80. The van der Waals surface area contributed by atoms with E-state index in [2.05, 4.69) is 46.1 Å². The van der Waals surface area contributed by atoms with Crippen molar-refractivity contribution in [1.82, 2.24) is 9.97 Å². The maximum Gasteiger partial charge on any atom is 0.164 e. The van der Waals surface area contributed by atoms with Gasteiger partial charge in [-0.25, -0.2) is 9.97 Å². The first-order valence-electron chi connectivity index (χ1n) is 9.54. The van der Waals surface area contributed by atoms with Gasteiger partial charge in [-0.2, -0.15) is 0 Å². The second-order valence-electron chi connectivity index (χ2n) is 7.41. The second kappa shape index (κ2) is 7.70. The summed E-state index contributed by atoms with van der Waals surface area (Å²) in [4.78, 5) is 8.95. The molecule has 0 spiro atoms. The highest BCUT2D eigenvalue weighted by Crippen LogP contribution is 2.33. The van der Waals surface area contributed by atoms with E-state index in [0.717, 1.165) is 35.6 Å². The first-order chi connectivity index (χ1) is 13.6. The minimum atomic E-state index is -0.605. The van der Waals surface area contributed by atoms with Crippen LogP contribution in [0.15, 0.2) is 67.5 Å². The molecule has 28 heavy (non-hydrogen) atoms. The number of allylic oxidation sites excluding steroid dienone is 3. The van der Waals surface area contributed by atoms with Gasteiger partial charge >= 0.3 is 0 Å². The summed E-state index contributed by atoms with van der Waals surface area (Å²) in [5, 5.41) is 3.44. The van der Waals surface area contributed by atoms with Crippen molar-refractivity contribution in [2.75, 3.05) is 5.32 Å². The molecule has 2 atom stereocenters. The third kappa shape index (κ3) is 3.91. The van der Waals surface area contributed by atoms with Crippen LogP contribution in [0.1, 0.15) is 30.7 Å². The molecule has 1 fully saturated rings. The van der Waals surface area contributed by atoms with Gasteiger partial charge in [0.2, 0.25) is 0 Å². The van der Waals surface area contributed by atoms with Crippen molar-refractivity contribution in [1.29, 1.82) is 0 Å². The summed E-state index contributed by atoms with van der Waals surface area (Å²) in [7, 11) is 0. The van der Waals surface area contributed by atoms with E-state index in [0.29, 0.717) is 0 Å². The lowest BCUT2D eigenvalue weighted by molar-refractivity contribution is -0.138. The first-order valence-corrected chi connectivity index (χ1v) is 9.54. The summed E-state index contributed by atoms with van der Waals surface area (Å²) >= 11 is 0. The monoisotopic (exact) mass is 375 g/mol. The molecular weight excluding hydrogens is 350 g/mol. The van der Waals surface area contributed by atoms with Crippen LogP contribution >= 0.6 is 0 Å². The number of anilines is 1. The molecule has 5 nitrogen and oxygen atoms in total. The number of hydrogen-bond acceptors (Lipinski definition) is 5. The molecule has 1 saturated heterocycles. The Morgan fingerprint density at radius 1 is 1.18 bits per heavy atom. The minimum absolute atomic E-state index is 0.152. The van der Waals surface area contributed by atoms with Crippen LogP contribution in [0, 0.1) is 0 Å². The fourth-order valence-electron chi connectivity index (χ4n) is 3.59. The maximum absolute atomic E-state index is 5.96. The number of rotatable bonds is 6. The molecule has 144 valence electrons. The van der Waals surface area contributed by atoms with Crippen molar-refractivity contribution in [3.8, 4) is 0 Å². The van der Waals surface area contributed by atoms with E-state index in [1.165, 1.54) is 5.56 Å². The Labute approximate surface area is 165 Å². The molecule has 2 aliphatic rings. The number of nitrogens with one attached hydrogen (secondary N) is 1. The summed E-state index contributed by atoms with van der Waals surface area (Å²) in [6, 6.07) is 10.3. The van der Waals surface area contributed by atoms with E-state index < -0.39 is 5.79 Å². The number of fused-ring (bicyclic) bond motifs is 1. The molecule has 4 rings (SSSR count). The molecule has 5 heteroatoms. The lowest BCUT2D eigenvalue weighted by Gasteiger charge is -2.15. The van der Waals surface area contributed by atoms with E-state index in [1.807, 2.05) is 38.1 Å². The molecule has 1 aliphatic heterocycles. The van der Waals surface area contributed by atoms with E-state index in [-0.39, 0.29) is 12.2 Å². The fraction of sp³-hybridized carbons (Fsp3) is 0.304. The van der Waals surface area contributed by atoms with Crippen molar-refractivity contribution in [2.45, 2.75) is 44.8 Å². The SMILES string of the molecule is C=C[C@H]1OC(C)(C)O[C@H]1/C=C/C1=CCc2c(NCc3ccccc3)ncnc21. The van der Waals surface area contributed by atoms with Gasteiger partial charge in [-0.05, 0) is 31.4 Å². The van der Waals surface area contributed by atoms with Crippen LogP contribution in [0.25, 0.3) is 5.57 Å². The Hall–Kier alpha value is -2.76. The highest BCUT2D eigenvalue weighted by Gasteiger charge is 2.38. The zero-order chi connectivity index (χ0) is 19.6. The molecular formula is C23H25N3O2. The van der Waals surface area contributed by atoms with Crippen LogP contribution in [-0.2, 0) is 22.4 Å². The van der Waals surface area contributed by atoms with Crippen LogP contribution in [0.4, 0.5) is 5.82 Å². The number of nitrogens with zero attached hydrogens (tertiary/aromatic N) is 2. The number of hydrogen-bond donors (Lipinski definition) is 1. The Morgan fingerprint density at radius 2 is 1.96 bits per heavy atom. The summed E-state index contributed by atoms with van der Waals surface area (Å²) in [6.07, 6.45) is 10.2. The van der Waals surface area contributed by atoms with Gasteiger partial charge in [0.1, 0.15) is 24.4 Å². The molecule has 1 aliphatic carbocycles. The minimum Gasteiger partial charge on any atom is -0.366 e. The number of ether oxygens (including phenoxy) is 2. The molecule has 2 aromatic rings. The van der Waals surface area contributed by atoms with Crippen LogP contribution < -0.4 is 5.32 Å². The van der Waals surface area contributed by atoms with Gasteiger partial charge in [0.15, 0.2) is 5.79 Å². The third-order valence-electron chi connectivity index (χ3n) is 4.91. The summed E-state index contributed by atoms with van der Waals surface area (Å²) in [5.74, 6) is 0.283. The molecule has 1 aromatic heterocycles. The van der Waals surface area contributed by atoms with Gasteiger partial charge < -0.3 is 14.8 Å². The topological polar surface area (TPSA) is 56.3 Å². The predicted molar refractivity (Wildman–Crippen MR) is 111 cm³/mol. The largest absolute Gasteiger partial charge is 0.366 e. The summed E-state index contributed by atoms with van der Waals surface area (Å²) < 4.78 is 11.8. The van der Waals surface area contributed by atoms with Crippen molar-refractivity contribution in [2.24, 2.45) is 0 Å². The molecule has 0 saturated carbocycles. The second-order valence-corrected chi connectivity index (χ2v) is 7.41. The molecule has 2 heterocycles. The molecule has 0 amide bonds. The first kappa shape index (κ1) is 18.6. The van der Waals surface area contributed by atoms with Crippen LogP contribution in [-0.4, -0.2) is 28.0 Å². The van der Waals surface area contributed by atoms with Gasteiger partial charge in [0.25, 0.3) is 0 Å². The average molecular weight is 375 g/mol.